The third-order valence-corrected chi connectivity index (χ3v) is 4.99. The molecule has 0 unspecified atom stereocenters. The maximum atomic E-state index is 12.5. The predicted octanol–water partition coefficient (Wildman–Crippen LogP) is 2.38. The van der Waals surface area contributed by atoms with Gasteiger partial charge in [-0.3, -0.25) is 13.9 Å². The predicted molar refractivity (Wildman–Crippen MR) is 95.7 cm³/mol. The molecular formula is C17H20N4O2S. The summed E-state index contributed by atoms with van der Waals surface area (Å²) in [6, 6.07) is 9.91. The Morgan fingerprint density at radius 3 is 2.46 bits per heavy atom. The first-order valence-corrected chi connectivity index (χ1v) is 8.75. The van der Waals surface area contributed by atoms with Gasteiger partial charge >= 0.3 is 5.69 Å². The molecule has 126 valence electrons. The topological polar surface area (TPSA) is 61.8 Å². The van der Waals surface area contributed by atoms with Gasteiger partial charge in [-0.1, -0.05) is 43.3 Å². The SMILES string of the molecule is CCCCn1c(Sc2ccccc2)nc2c(=O)n(C)c(=O)n(C)c21. The number of unbranched alkanes of at least 4 members (excludes halogenated alkanes) is 1. The third kappa shape index (κ3) is 2.80. The van der Waals surface area contributed by atoms with E-state index < -0.39 is 0 Å². The highest BCUT2D eigenvalue weighted by Gasteiger charge is 2.19. The molecule has 0 radical (unpaired) electrons. The van der Waals surface area contributed by atoms with Crippen LogP contribution in [-0.2, 0) is 20.6 Å². The Kier molecular flexibility index (Phi) is 4.62. The van der Waals surface area contributed by atoms with Crippen LogP contribution in [0.2, 0.25) is 0 Å². The molecule has 0 atom stereocenters. The standard InChI is InChI=1S/C17H20N4O2S/c1-4-5-11-21-14-13(15(22)20(3)17(23)19(14)2)18-16(21)24-12-9-7-6-8-10-12/h6-10H,4-5,11H2,1-3H3. The number of aryl methyl sites for hydroxylation is 2. The first-order chi connectivity index (χ1) is 11.5. The van der Waals surface area contributed by atoms with E-state index in [0.717, 1.165) is 34.0 Å². The fourth-order valence-corrected chi connectivity index (χ4v) is 3.59. The van der Waals surface area contributed by atoms with E-state index in [2.05, 4.69) is 11.9 Å². The third-order valence-electron chi connectivity index (χ3n) is 3.99. The van der Waals surface area contributed by atoms with Crippen molar-refractivity contribution in [3.63, 3.8) is 0 Å². The highest BCUT2D eigenvalue weighted by atomic mass is 32.2. The van der Waals surface area contributed by atoms with Crippen LogP contribution in [-0.4, -0.2) is 18.7 Å². The second-order valence-corrected chi connectivity index (χ2v) is 6.73. The molecule has 0 aliphatic carbocycles. The molecule has 0 N–H and O–H groups in total. The minimum absolute atomic E-state index is 0.332. The number of imidazole rings is 1. The van der Waals surface area contributed by atoms with Gasteiger partial charge in [-0.15, -0.1) is 0 Å². The number of hydrogen-bond donors (Lipinski definition) is 0. The number of benzene rings is 1. The molecule has 0 saturated heterocycles. The van der Waals surface area contributed by atoms with Gasteiger partial charge in [0.15, 0.2) is 16.3 Å². The molecular weight excluding hydrogens is 324 g/mol. The molecule has 0 aliphatic rings. The molecule has 24 heavy (non-hydrogen) atoms. The number of hydrogen-bond acceptors (Lipinski definition) is 4. The van der Waals surface area contributed by atoms with Gasteiger partial charge in [0.1, 0.15) is 0 Å². The molecule has 0 fully saturated rings. The lowest BCUT2D eigenvalue weighted by Gasteiger charge is -2.10. The molecule has 1 aromatic carbocycles. The van der Waals surface area contributed by atoms with Gasteiger partial charge in [0, 0.05) is 25.5 Å². The van der Waals surface area contributed by atoms with E-state index in [1.807, 2.05) is 34.9 Å². The Balaban J connectivity index is 2.25. The first-order valence-electron chi connectivity index (χ1n) is 7.93. The maximum Gasteiger partial charge on any atom is 0.332 e. The van der Waals surface area contributed by atoms with Crippen molar-refractivity contribution in [2.45, 2.75) is 36.4 Å². The highest BCUT2D eigenvalue weighted by molar-refractivity contribution is 7.99. The largest absolute Gasteiger partial charge is 0.332 e. The zero-order chi connectivity index (χ0) is 17.3. The van der Waals surface area contributed by atoms with E-state index in [9.17, 15) is 9.59 Å². The van der Waals surface area contributed by atoms with Crippen LogP contribution in [0.4, 0.5) is 0 Å². The summed E-state index contributed by atoms with van der Waals surface area (Å²) in [5.41, 5.74) is 0.254. The second kappa shape index (κ2) is 6.68. The Morgan fingerprint density at radius 2 is 1.79 bits per heavy atom. The monoisotopic (exact) mass is 344 g/mol. The fourth-order valence-electron chi connectivity index (χ4n) is 2.66. The van der Waals surface area contributed by atoms with Gasteiger partial charge in [-0.05, 0) is 18.6 Å². The molecule has 3 rings (SSSR count). The fraction of sp³-hybridized carbons (Fsp3) is 0.353. The van der Waals surface area contributed by atoms with E-state index >= 15 is 0 Å². The summed E-state index contributed by atoms with van der Waals surface area (Å²) in [5.74, 6) is 0. The van der Waals surface area contributed by atoms with Crippen molar-refractivity contribution in [2.75, 3.05) is 0 Å². The molecule has 2 aromatic heterocycles. The lowest BCUT2D eigenvalue weighted by Crippen LogP contribution is -2.37. The van der Waals surface area contributed by atoms with Gasteiger partial charge in [-0.2, -0.15) is 0 Å². The molecule has 6 nitrogen and oxygen atoms in total. The van der Waals surface area contributed by atoms with Crippen LogP contribution in [0.5, 0.6) is 0 Å². The zero-order valence-electron chi connectivity index (χ0n) is 14.0. The van der Waals surface area contributed by atoms with Crippen LogP contribution in [0.1, 0.15) is 19.8 Å². The highest BCUT2D eigenvalue weighted by Crippen LogP contribution is 2.29. The summed E-state index contributed by atoms with van der Waals surface area (Å²) in [6.45, 7) is 2.84. The van der Waals surface area contributed by atoms with Crippen LogP contribution in [0.15, 0.2) is 50.0 Å². The number of fused-ring (bicyclic) bond motifs is 1. The first kappa shape index (κ1) is 16.6. The number of aromatic nitrogens is 4. The summed E-state index contributed by atoms with van der Waals surface area (Å²) < 4.78 is 4.60. The van der Waals surface area contributed by atoms with Crippen molar-refractivity contribution in [3.05, 3.63) is 51.2 Å². The average molecular weight is 344 g/mol. The number of rotatable bonds is 5. The molecule has 0 saturated carbocycles. The Morgan fingerprint density at radius 1 is 1.08 bits per heavy atom. The normalized spacial score (nSPS) is 11.3. The number of nitrogens with zero attached hydrogens (tertiary/aromatic N) is 4. The van der Waals surface area contributed by atoms with Gasteiger partial charge in [0.25, 0.3) is 5.56 Å². The van der Waals surface area contributed by atoms with Gasteiger partial charge in [-0.25, -0.2) is 9.78 Å². The zero-order valence-corrected chi connectivity index (χ0v) is 14.8. The van der Waals surface area contributed by atoms with E-state index in [0.29, 0.717) is 11.2 Å². The minimum Gasteiger partial charge on any atom is -0.304 e. The quantitative estimate of drug-likeness (QED) is 0.713. The Hall–Kier alpha value is -2.28. The smallest absolute Gasteiger partial charge is 0.304 e. The molecule has 3 aromatic rings. The lowest BCUT2D eigenvalue weighted by molar-refractivity contribution is 0.584. The summed E-state index contributed by atoms with van der Waals surface area (Å²) in [5, 5.41) is 0.739. The van der Waals surface area contributed by atoms with Gasteiger partial charge in [0.05, 0.1) is 0 Å². The van der Waals surface area contributed by atoms with E-state index in [1.54, 1.807) is 7.05 Å². The molecule has 0 aliphatic heterocycles. The van der Waals surface area contributed by atoms with Crippen molar-refractivity contribution in [3.8, 4) is 0 Å². The van der Waals surface area contributed by atoms with Crippen molar-refractivity contribution in [1.82, 2.24) is 18.7 Å². The van der Waals surface area contributed by atoms with Crippen molar-refractivity contribution >= 4 is 22.9 Å². The Bertz CT molecular complexity index is 986. The van der Waals surface area contributed by atoms with Crippen molar-refractivity contribution in [2.24, 2.45) is 14.1 Å². The lowest BCUT2D eigenvalue weighted by atomic mass is 10.3. The van der Waals surface area contributed by atoms with E-state index in [4.69, 9.17) is 0 Å². The molecule has 0 spiro atoms. The Labute approximate surface area is 143 Å². The maximum absolute atomic E-state index is 12.5. The van der Waals surface area contributed by atoms with Crippen LogP contribution < -0.4 is 11.2 Å². The average Bonchev–Trinajstić information content (AvgIpc) is 2.95. The van der Waals surface area contributed by atoms with Crippen molar-refractivity contribution in [1.29, 1.82) is 0 Å². The molecule has 2 heterocycles. The summed E-state index contributed by atoms with van der Waals surface area (Å²) in [7, 11) is 3.17. The van der Waals surface area contributed by atoms with Crippen LogP contribution in [0.3, 0.4) is 0 Å². The molecule has 7 heteroatoms. The van der Waals surface area contributed by atoms with Crippen LogP contribution >= 0.6 is 11.8 Å². The van der Waals surface area contributed by atoms with E-state index in [1.165, 1.54) is 23.4 Å². The van der Waals surface area contributed by atoms with Gasteiger partial charge in [0.2, 0.25) is 0 Å². The summed E-state index contributed by atoms with van der Waals surface area (Å²) in [4.78, 5) is 30.3. The summed E-state index contributed by atoms with van der Waals surface area (Å²) in [6.07, 6.45) is 1.98. The van der Waals surface area contributed by atoms with E-state index in [-0.39, 0.29) is 11.2 Å². The van der Waals surface area contributed by atoms with Crippen LogP contribution in [0, 0.1) is 0 Å². The second-order valence-electron chi connectivity index (χ2n) is 5.69. The van der Waals surface area contributed by atoms with Crippen LogP contribution in [0.25, 0.3) is 11.2 Å². The minimum atomic E-state index is -0.349. The summed E-state index contributed by atoms with van der Waals surface area (Å²) >= 11 is 1.51. The molecule has 0 bridgehead atoms. The van der Waals surface area contributed by atoms with Crippen molar-refractivity contribution < 1.29 is 0 Å². The van der Waals surface area contributed by atoms with Gasteiger partial charge < -0.3 is 4.57 Å². The molecule has 0 amide bonds.